The Balaban J connectivity index is 1.40. The standard InChI is InChI=1S/C28H31N3O3/c1-3-34-28(33)26-18(2)23-6-4-5-7-24(23)30-25(26)17-31(22-14-15-22)16-19-8-10-20(11-9-19)27(32)29-21-12-13-21/h4-11,21-22H,3,12-17H2,1-2H3,(H,29,32). The van der Waals surface area contributed by atoms with Gasteiger partial charge in [0.25, 0.3) is 5.91 Å². The Kier molecular flexibility index (Phi) is 6.33. The van der Waals surface area contributed by atoms with E-state index in [9.17, 15) is 9.59 Å². The molecule has 2 aliphatic rings. The van der Waals surface area contributed by atoms with E-state index in [1.807, 2.05) is 62.4 Å². The van der Waals surface area contributed by atoms with Crippen LogP contribution in [0, 0.1) is 6.92 Å². The van der Waals surface area contributed by atoms with Gasteiger partial charge in [-0.25, -0.2) is 4.79 Å². The highest BCUT2D eigenvalue weighted by Gasteiger charge is 2.31. The summed E-state index contributed by atoms with van der Waals surface area (Å²) in [5, 5.41) is 4.02. The number of esters is 1. The van der Waals surface area contributed by atoms with Crippen LogP contribution in [0.2, 0.25) is 0 Å². The second kappa shape index (κ2) is 9.55. The third kappa shape index (κ3) is 4.97. The Morgan fingerprint density at radius 1 is 1.03 bits per heavy atom. The molecule has 0 aliphatic heterocycles. The van der Waals surface area contributed by atoms with E-state index in [1.54, 1.807) is 0 Å². The fraction of sp³-hybridized carbons (Fsp3) is 0.393. The average Bonchev–Trinajstić information content (AvgIpc) is 3.74. The topological polar surface area (TPSA) is 71.5 Å². The molecule has 34 heavy (non-hydrogen) atoms. The van der Waals surface area contributed by atoms with Crippen LogP contribution in [-0.2, 0) is 17.8 Å². The third-order valence-corrected chi connectivity index (χ3v) is 6.64. The first kappa shape index (κ1) is 22.5. The number of carbonyl (C=O) groups is 2. The average molecular weight is 458 g/mol. The predicted molar refractivity (Wildman–Crippen MR) is 132 cm³/mol. The quantitative estimate of drug-likeness (QED) is 0.469. The first-order valence-electron chi connectivity index (χ1n) is 12.2. The molecule has 2 fully saturated rings. The molecule has 2 aromatic carbocycles. The lowest BCUT2D eigenvalue weighted by Gasteiger charge is -2.24. The number of ether oxygens (including phenoxy) is 1. The van der Waals surface area contributed by atoms with Crippen molar-refractivity contribution in [3.63, 3.8) is 0 Å². The summed E-state index contributed by atoms with van der Waals surface area (Å²) >= 11 is 0. The van der Waals surface area contributed by atoms with E-state index in [1.165, 1.54) is 0 Å². The fourth-order valence-corrected chi connectivity index (χ4v) is 4.47. The normalized spacial score (nSPS) is 15.5. The van der Waals surface area contributed by atoms with Crippen LogP contribution >= 0.6 is 0 Å². The molecular formula is C28H31N3O3. The van der Waals surface area contributed by atoms with Crippen LogP contribution in [0.3, 0.4) is 0 Å². The number of amides is 1. The number of rotatable bonds is 9. The molecule has 176 valence electrons. The Bertz CT molecular complexity index is 1210. The van der Waals surface area contributed by atoms with E-state index < -0.39 is 0 Å². The molecule has 0 spiro atoms. The number of nitrogens with zero attached hydrogens (tertiary/aromatic N) is 2. The Hall–Kier alpha value is -3.25. The maximum atomic E-state index is 12.9. The molecule has 0 saturated heterocycles. The van der Waals surface area contributed by atoms with Crippen molar-refractivity contribution in [2.75, 3.05) is 6.61 Å². The maximum Gasteiger partial charge on any atom is 0.340 e. The molecule has 2 saturated carbocycles. The van der Waals surface area contributed by atoms with Crippen molar-refractivity contribution >= 4 is 22.8 Å². The highest BCUT2D eigenvalue weighted by atomic mass is 16.5. The number of aromatic nitrogens is 1. The van der Waals surface area contributed by atoms with Crippen LogP contribution in [0.1, 0.15) is 70.1 Å². The number of benzene rings is 2. The zero-order valence-corrected chi connectivity index (χ0v) is 19.8. The van der Waals surface area contributed by atoms with Crippen LogP contribution in [0.4, 0.5) is 0 Å². The summed E-state index contributed by atoms with van der Waals surface area (Å²) < 4.78 is 5.41. The van der Waals surface area contributed by atoms with Gasteiger partial charge in [0.2, 0.25) is 0 Å². The van der Waals surface area contributed by atoms with E-state index in [-0.39, 0.29) is 11.9 Å². The summed E-state index contributed by atoms with van der Waals surface area (Å²) in [7, 11) is 0. The lowest BCUT2D eigenvalue weighted by atomic mass is 10.0. The van der Waals surface area contributed by atoms with Crippen molar-refractivity contribution in [3.8, 4) is 0 Å². The summed E-state index contributed by atoms with van der Waals surface area (Å²) in [5.41, 5.74) is 5.00. The first-order chi connectivity index (χ1) is 16.5. The maximum absolute atomic E-state index is 12.9. The number of aryl methyl sites for hydroxylation is 1. The first-order valence-corrected chi connectivity index (χ1v) is 12.2. The SMILES string of the molecule is CCOC(=O)c1c(CN(Cc2ccc(C(=O)NC3CC3)cc2)C2CC2)nc2ccccc2c1C. The molecule has 2 aliphatic carbocycles. The third-order valence-electron chi connectivity index (χ3n) is 6.64. The molecule has 0 radical (unpaired) electrons. The van der Waals surface area contributed by atoms with Crippen LogP contribution < -0.4 is 5.32 Å². The van der Waals surface area contributed by atoms with Crippen LogP contribution in [0.15, 0.2) is 48.5 Å². The van der Waals surface area contributed by atoms with Gasteiger partial charge in [-0.05, 0) is 68.9 Å². The minimum absolute atomic E-state index is 0.00279. The number of hydrogen-bond acceptors (Lipinski definition) is 5. The highest BCUT2D eigenvalue weighted by molar-refractivity contribution is 5.98. The molecule has 6 heteroatoms. The molecule has 5 rings (SSSR count). The largest absolute Gasteiger partial charge is 0.462 e. The van der Waals surface area contributed by atoms with Crippen LogP contribution in [0.25, 0.3) is 10.9 Å². The monoisotopic (exact) mass is 457 g/mol. The van der Waals surface area contributed by atoms with Crippen molar-refractivity contribution in [3.05, 3.63) is 76.5 Å². The van der Waals surface area contributed by atoms with Crippen LogP contribution in [-0.4, -0.2) is 40.5 Å². The zero-order valence-electron chi connectivity index (χ0n) is 19.8. The Labute approximate surface area is 200 Å². The van der Waals surface area contributed by atoms with Gasteiger partial charge in [0.15, 0.2) is 0 Å². The Morgan fingerprint density at radius 3 is 2.44 bits per heavy atom. The van der Waals surface area contributed by atoms with E-state index >= 15 is 0 Å². The van der Waals surface area contributed by atoms with Gasteiger partial charge in [-0.15, -0.1) is 0 Å². The molecule has 6 nitrogen and oxygen atoms in total. The molecule has 0 atom stereocenters. The van der Waals surface area contributed by atoms with Crippen molar-refractivity contribution in [2.45, 2.75) is 64.7 Å². The van der Waals surface area contributed by atoms with Crippen molar-refractivity contribution in [1.82, 2.24) is 15.2 Å². The molecule has 3 aromatic rings. The smallest absolute Gasteiger partial charge is 0.340 e. The molecular weight excluding hydrogens is 426 g/mol. The van der Waals surface area contributed by atoms with Gasteiger partial charge in [-0.2, -0.15) is 0 Å². The number of fused-ring (bicyclic) bond motifs is 1. The van der Waals surface area contributed by atoms with Crippen molar-refractivity contribution in [1.29, 1.82) is 0 Å². The van der Waals surface area contributed by atoms with E-state index in [2.05, 4.69) is 10.2 Å². The number of pyridine rings is 1. The second-order valence-electron chi connectivity index (χ2n) is 9.38. The summed E-state index contributed by atoms with van der Waals surface area (Å²) in [5.74, 6) is -0.307. The van der Waals surface area contributed by atoms with Gasteiger partial charge in [-0.1, -0.05) is 30.3 Å². The van der Waals surface area contributed by atoms with Crippen LogP contribution in [0.5, 0.6) is 0 Å². The summed E-state index contributed by atoms with van der Waals surface area (Å²) in [4.78, 5) is 32.5. The predicted octanol–water partition coefficient (Wildman–Crippen LogP) is 4.78. The lowest BCUT2D eigenvalue weighted by molar-refractivity contribution is 0.0522. The molecule has 1 heterocycles. The fourth-order valence-electron chi connectivity index (χ4n) is 4.47. The van der Waals surface area contributed by atoms with E-state index in [0.29, 0.717) is 36.4 Å². The van der Waals surface area contributed by atoms with E-state index in [0.717, 1.165) is 60.0 Å². The minimum atomic E-state index is -0.310. The summed E-state index contributed by atoms with van der Waals surface area (Å²) in [6.07, 6.45) is 4.44. The summed E-state index contributed by atoms with van der Waals surface area (Å²) in [6, 6.07) is 16.6. The number of nitrogens with one attached hydrogen (secondary N) is 1. The molecule has 1 amide bonds. The van der Waals surface area contributed by atoms with Gasteiger partial charge in [0.05, 0.1) is 23.4 Å². The van der Waals surface area contributed by atoms with E-state index in [4.69, 9.17) is 9.72 Å². The van der Waals surface area contributed by atoms with Gasteiger partial charge in [-0.3, -0.25) is 14.7 Å². The zero-order chi connectivity index (χ0) is 23.7. The molecule has 1 N–H and O–H groups in total. The van der Waals surface area contributed by atoms with Gasteiger partial charge in [0, 0.05) is 36.1 Å². The molecule has 1 aromatic heterocycles. The van der Waals surface area contributed by atoms with Gasteiger partial charge >= 0.3 is 5.97 Å². The molecule has 0 bridgehead atoms. The second-order valence-corrected chi connectivity index (χ2v) is 9.38. The molecule has 0 unspecified atom stereocenters. The number of carbonyl (C=O) groups excluding carboxylic acids is 2. The number of para-hydroxylation sites is 1. The van der Waals surface area contributed by atoms with Crippen molar-refractivity contribution in [2.24, 2.45) is 0 Å². The number of hydrogen-bond donors (Lipinski definition) is 1. The minimum Gasteiger partial charge on any atom is -0.462 e. The van der Waals surface area contributed by atoms with Gasteiger partial charge < -0.3 is 10.1 Å². The Morgan fingerprint density at radius 2 is 1.76 bits per heavy atom. The summed E-state index contributed by atoms with van der Waals surface area (Å²) in [6.45, 7) is 5.45. The highest BCUT2D eigenvalue weighted by Crippen LogP contribution is 2.32. The van der Waals surface area contributed by atoms with Crippen molar-refractivity contribution < 1.29 is 14.3 Å². The lowest BCUT2D eigenvalue weighted by Crippen LogP contribution is -2.28. The van der Waals surface area contributed by atoms with Gasteiger partial charge in [0.1, 0.15) is 0 Å².